The van der Waals surface area contributed by atoms with E-state index in [-0.39, 0.29) is 17.5 Å². The first kappa shape index (κ1) is 19.7. The zero-order valence-electron chi connectivity index (χ0n) is 17.0. The Morgan fingerprint density at radius 3 is 2.65 bits per heavy atom. The first-order valence-corrected chi connectivity index (χ1v) is 11.0. The van der Waals surface area contributed by atoms with E-state index in [1.807, 2.05) is 24.0 Å². The van der Waals surface area contributed by atoms with Crippen molar-refractivity contribution < 1.29 is 4.79 Å². The number of amides is 1. The molecule has 1 fully saturated rings. The Balaban J connectivity index is 1.19. The van der Waals surface area contributed by atoms with Crippen LogP contribution in [0.2, 0.25) is 0 Å². The van der Waals surface area contributed by atoms with Crippen molar-refractivity contribution in [2.45, 2.75) is 24.5 Å². The van der Waals surface area contributed by atoms with Gasteiger partial charge in [0.05, 0.1) is 6.04 Å². The predicted octanol–water partition coefficient (Wildman–Crippen LogP) is 0.308. The van der Waals surface area contributed by atoms with Crippen molar-refractivity contribution in [3.63, 3.8) is 0 Å². The summed E-state index contributed by atoms with van der Waals surface area (Å²) in [5.41, 5.74) is 0.632. The fourth-order valence-corrected chi connectivity index (χ4v) is 5.06. The Bertz CT molecular complexity index is 1140. The van der Waals surface area contributed by atoms with Crippen LogP contribution in [0.1, 0.15) is 18.2 Å². The lowest BCUT2D eigenvalue weighted by molar-refractivity contribution is -0.132. The monoisotopic (exact) mass is 439 g/mol. The van der Waals surface area contributed by atoms with Gasteiger partial charge in [0.1, 0.15) is 12.7 Å². The lowest BCUT2D eigenvalue weighted by Crippen LogP contribution is -2.49. The summed E-state index contributed by atoms with van der Waals surface area (Å²) in [7, 11) is 0. The van der Waals surface area contributed by atoms with E-state index in [4.69, 9.17) is 0 Å². The number of carbonyl (C=O) groups is 1. The summed E-state index contributed by atoms with van der Waals surface area (Å²) in [5, 5.41) is 13.2. The van der Waals surface area contributed by atoms with E-state index >= 15 is 0 Å². The number of hydrogen-bond acceptors (Lipinski definition) is 9. The van der Waals surface area contributed by atoms with Crippen LogP contribution in [0.3, 0.4) is 0 Å². The van der Waals surface area contributed by atoms with Crippen molar-refractivity contribution in [3.05, 3.63) is 46.9 Å². The number of aromatic nitrogens is 7. The average Bonchev–Trinajstić information content (AvgIpc) is 3.45. The summed E-state index contributed by atoms with van der Waals surface area (Å²) >= 11 is 1.54. The van der Waals surface area contributed by atoms with Crippen molar-refractivity contribution in [1.82, 2.24) is 39.4 Å². The zero-order valence-corrected chi connectivity index (χ0v) is 17.8. The van der Waals surface area contributed by atoms with E-state index in [0.717, 1.165) is 5.82 Å². The highest BCUT2D eigenvalue weighted by atomic mass is 32.2. The number of carbonyl (C=O) groups excluding carboxylic acids is 1. The van der Waals surface area contributed by atoms with Gasteiger partial charge in [-0.2, -0.15) is 5.10 Å². The lowest BCUT2D eigenvalue weighted by Gasteiger charge is -2.35. The van der Waals surface area contributed by atoms with E-state index < -0.39 is 0 Å². The molecule has 2 aliphatic heterocycles. The molecular weight excluding hydrogens is 418 g/mol. The van der Waals surface area contributed by atoms with E-state index in [2.05, 4.69) is 30.2 Å². The molecule has 1 unspecified atom stereocenters. The molecule has 3 aromatic heterocycles. The molecule has 1 saturated heterocycles. The van der Waals surface area contributed by atoms with E-state index in [9.17, 15) is 9.59 Å². The molecule has 0 saturated carbocycles. The van der Waals surface area contributed by atoms with Gasteiger partial charge in [-0.3, -0.25) is 14.2 Å². The summed E-state index contributed by atoms with van der Waals surface area (Å²) in [6, 6.07) is 5.13. The third-order valence-electron chi connectivity index (χ3n) is 5.47. The molecule has 0 aromatic carbocycles. The molecule has 5 heterocycles. The van der Waals surface area contributed by atoms with Gasteiger partial charge in [0.2, 0.25) is 5.91 Å². The molecule has 11 nitrogen and oxygen atoms in total. The highest BCUT2D eigenvalue weighted by molar-refractivity contribution is 7.99. The number of rotatable bonds is 4. The molecule has 160 valence electrons. The molecule has 2 aliphatic rings. The lowest BCUT2D eigenvalue weighted by atomic mass is 10.2. The second-order valence-electron chi connectivity index (χ2n) is 7.51. The van der Waals surface area contributed by atoms with Crippen LogP contribution in [0.15, 0.2) is 40.8 Å². The highest BCUT2D eigenvalue weighted by Crippen LogP contribution is 2.32. The summed E-state index contributed by atoms with van der Waals surface area (Å²) in [6.45, 7) is 4.39. The van der Waals surface area contributed by atoms with Crippen molar-refractivity contribution in [1.29, 1.82) is 0 Å². The summed E-state index contributed by atoms with van der Waals surface area (Å²) < 4.78 is 3.22. The Labute approximate surface area is 182 Å². The van der Waals surface area contributed by atoms with E-state index in [1.54, 1.807) is 15.6 Å². The Hall–Kier alpha value is -3.28. The molecule has 3 aromatic rings. The van der Waals surface area contributed by atoms with Crippen LogP contribution >= 0.6 is 11.8 Å². The molecule has 1 amide bonds. The standard InChI is InChI=1S/C19H21N9O2S/c1-13-8-18(30)28-14(10-31-19(28)22-13)9-17(29)26-6-4-25(5-7-26)15-2-3-16(24-23-15)27-12-20-11-21-27/h2-3,8,11-12,14H,4-7,9-10H2,1H3. The topological polar surface area (TPSA) is 115 Å². The van der Waals surface area contributed by atoms with Gasteiger partial charge in [0.15, 0.2) is 16.8 Å². The van der Waals surface area contributed by atoms with Gasteiger partial charge in [-0.15, -0.1) is 10.2 Å². The number of anilines is 1. The molecule has 0 bridgehead atoms. The summed E-state index contributed by atoms with van der Waals surface area (Å²) in [4.78, 5) is 37.5. The quantitative estimate of drug-likeness (QED) is 0.530. The molecule has 1 atom stereocenters. The van der Waals surface area contributed by atoms with Crippen LogP contribution in [-0.4, -0.2) is 77.3 Å². The second-order valence-corrected chi connectivity index (χ2v) is 8.50. The molecule has 0 spiro atoms. The third kappa shape index (κ3) is 3.90. The van der Waals surface area contributed by atoms with Gasteiger partial charge < -0.3 is 9.80 Å². The smallest absolute Gasteiger partial charge is 0.254 e. The van der Waals surface area contributed by atoms with Crippen LogP contribution in [-0.2, 0) is 4.79 Å². The van der Waals surface area contributed by atoms with Gasteiger partial charge in [-0.25, -0.2) is 14.6 Å². The number of fused-ring (bicyclic) bond motifs is 1. The minimum Gasteiger partial charge on any atom is -0.352 e. The summed E-state index contributed by atoms with van der Waals surface area (Å²) in [5.74, 6) is 2.14. The normalized spacial score (nSPS) is 18.3. The van der Waals surface area contributed by atoms with Gasteiger partial charge in [-0.1, -0.05) is 11.8 Å². The molecule has 12 heteroatoms. The predicted molar refractivity (Wildman–Crippen MR) is 113 cm³/mol. The number of hydrogen-bond donors (Lipinski definition) is 0. The summed E-state index contributed by atoms with van der Waals surface area (Å²) in [6.07, 6.45) is 3.33. The van der Waals surface area contributed by atoms with E-state index in [1.165, 1.54) is 24.2 Å². The Morgan fingerprint density at radius 2 is 1.94 bits per heavy atom. The third-order valence-corrected chi connectivity index (χ3v) is 6.57. The minimum atomic E-state index is -0.138. The minimum absolute atomic E-state index is 0.0678. The Kier molecular flexibility index (Phi) is 5.14. The fourth-order valence-electron chi connectivity index (χ4n) is 3.86. The number of thioether (sulfide) groups is 1. The largest absolute Gasteiger partial charge is 0.352 e. The molecule has 5 rings (SSSR count). The maximum atomic E-state index is 12.9. The number of piperazine rings is 1. The average molecular weight is 440 g/mol. The maximum Gasteiger partial charge on any atom is 0.254 e. The van der Waals surface area contributed by atoms with Crippen LogP contribution in [0.4, 0.5) is 5.82 Å². The van der Waals surface area contributed by atoms with Crippen molar-refractivity contribution in [3.8, 4) is 5.82 Å². The Morgan fingerprint density at radius 1 is 1.16 bits per heavy atom. The SMILES string of the molecule is Cc1cc(=O)n2c(n1)SCC2CC(=O)N1CCN(c2ccc(-n3cncn3)nn2)CC1. The molecular formula is C19H21N9O2S. The van der Waals surface area contributed by atoms with Crippen LogP contribution < -0.4 is 10.5 Å². The number of aryl methyl sites for hydroxylation is 1. The zero-order chi connectivity index (χ0) is 21.4. The van der Waals surface area contributed by atoms with Crippen LogP contribution in [0.5, 0.6) is 0 Å². The first-order chi connectivity index (χ1) is 15.1. The first-order valence-electron chi connectivity index (χ1n) is 10.0. The van der Waals surface area contributed by atoms with Gasteiger partial charge in [-0.05, 0) is 19.1 Å². The van der Waals surface area contributed by atoms with E-state index in [0.29, 0.717) is 55.0 Å². The van der Waals surface area contributed by atoms with Crippen molar-refractivity contribution in [2.75, 3.05) is 36.8 Å². The van der Waals surface area contributed by atoms with Gasteiger partial charge in [0, 0.05) is 50.1 Å². The van der Waals surface area contributed by atoms with Gasteiger partial charge in [0.25, 0.3) is 5.56 Å². The molecule has 0 N–H and O–H groups in total. The molecule has 0 radical (unpaired) electrons. The van der Waals surface area contributed by atoms with Crippen LogP contribution in [0, 0.1) is 6.92 Å². The second kappa shape index (κ2) is 8.10. The molecule has 0 aliphatic carbocycles. The van der Waals surface area contributed by atoms with Crippen LogP contribution in [0.25, 0.3) is 5.82 Å². The maximum absolute atomic E-state index is 12.9. The highest BCUT2D eigenvalue weighted by Gasteiger charge is 2.30. The molecule has 31 heavy (non-hydrogen) atoms. The van der Waals surface area contributed by atoms with Crippen molar-refractivity contribution in [2.24, 2.45) is 0 Å². The fraction of sp³-hybridized carbons (Fsp3) is 0.421. The van der Waals surface area contributed by atoms with Crippen molar-refractivity contribution >= 4 is 23.5 Å². The van der Waals surface area contributed by atoms with Gasteiger partial charge >= 0.3 is 0 Å². The number of nitrogens with zero attached hydrogens (tertiary/aromatic N) is 9.